The number of benzene rings is 1. The molecule has 3 rings (SSSR count). The molecule has 1 saturated carbocycles. The van der Waals surface area contributed by atoms with Crippen molar-refractivity contribution in [1.82, 2.24) is 9.97 Å². The van der Waals surface area contributed by atoms with Crippen LogP contribution in [0.5, 0.6) is 0 Å². The van der Waals surface area contributed by atoms with Gasteiger partial charge in [0, 0.05) is 18.1 Å². The molecule has 0 saturated heterocycles. The second kappa shape index (κ2) is 3.06. The smallest absolute Gasteiger partial charge is 0.271 e. The highest BCUT2D eigenvalue weighted by molar-refractivity contribution is 5.78. The van der Waals surface area contributed by atoms with Crippen molar-refractivity contribution < 1.29 is 4.92 Å². The van der Waals surface area contributed by atoms with E-state index in [0.717, 1.165) is 23.3 Å². The number of aromatic amines is 1. The molecule has 1 aromatic heterocycles. The van der Waals surface area contributed by atoms with E-state index in [1.165, 1.54) is 6.07 Å². The average molecular weight is 231 g/mol. The third-order valence-corrected chi connectivity index (χ3v) is 3.54. The number of nitro benzene ring substituents is 1. The lowest BCUT2D eigenvalue weighted by molar-refractivity contribution is -0.384. The van der Waals surface area contributed by atoms with E-state index in [4.69, 9.17) is 0 Å². The van der Waals surface area contributed by atoms with Crippen LogP contribution in [0, 0.1) is 15.5 Å². The molecule has 1 atom stereocenters. The first-order valence-corrected chi connectivity index (χ1v) is 5.61. The molecule has 1 unspecified atom stereocenters. The first kappa shape index (κ1) is 10.3. The fourth-order valence-electron chi connectivity index (χ4n) is 2.23. The molecule has 5 nitrogen and oxygen atoms in total. The lowest BCUT2D eigenvalue weighted by atomic mass is 10.1. The zero-order chi connectivity index (χ0) is 12.2. The van der Waals surface area contributed by atoms with Gasteiger partial charge in [0.2, 0.25) is 0 Å². The lowest BCUT2D eigenvalue weighted by Gasteiger charge is -1.97. The summed E-state index contributed by atoms with van der Waals surface area (Å²) in [7, 11) is 0. The first-order chi connectivity index (χ1) is 7.97. The standard InChI is InChI=1S/C12H13N3O2/c1-12(2)6-8(12)11-13-9-4-3-7(15(16)17)5-10(9)14-11/h3-5,8H,6H2,1-2H3,(H,13,14). The van der Waals surface area contributed by atoms with Gasteiger partial charge in [-0.3, -0.25) is 10.1 Å². The number of nitro groups is 1. The predicted octanol–water partition coefficient (Wildman–Crippen LogP) is 2.98. The molecule has 1 N–H and O–H groups in total. The molecule has 17 heavy (non-hydrogen) atoms. The molecule has 1 fully saturated rings. The fourth-order valence-corrected chi connectivity index (χ4v) is 2.23. The molecule has 2 aromatic rings. The van der Waals surface area contributed by atoms with Crippen molar-refractivity contribution in [2.45, 2.75) is 26.2 Å². The Morgan fingerprint density at radius 1 is 1.53 bits per heavy atom. The molecule has 88 valence electrons. The van der Waals surface area contributed by atoms with E-state index in [-0.39, 0.29) is 10.6 Å². The number of nitrogens with one attached hydrogen (secondary N) is 1. The maximum Gasteiger partial charge on any atom is 0.271 e. The predicted molar refractivity (Wildman–Crippen MR) is 63.9 cm³/mol. The first-order valence-electron chi connectivity index (χ1n) is 5.61. The number of fused-ring (bicyclic) bond motifs is 1. The number of hydrogen-bond donors (Lipinski definition) is 1. The van der Waals surface area contributed by atoms with Crippen molar-refractivity contribution in [2.24, 2.45) is 5.41 Å². The summed E-state index contributed by atoms with van der Waals surface area (Å²) in [5.41, 5.74) is 1.95. The third kappa shape index (κ3) is 1.58. The van der Waals surface area contributed by atoms with Crippen molar-refractivity contribution in [2.75, 3.05) is 0 Å². The molecule has 0 bridgehead atoms. The minimum absolute atomic E-state index is 0.0998. The van der Waals surface area contributed by atoms with Crippen LogP contribution in [0.2, 0.25) is 0 Å². The monoisotopic (exact) mass is 231 g/mol. The number of rotatable bonds is 2. The second-order valence-corrected chi connectivity index (χ2v) is 5.33. The number of hydrogen-bond acceptors (Lipinski definition) is 3. The summed E-state index contributed by atoms with van der Waals surface area (Å²) in [6.45, 7) is 4.40. The Kier molecular flexibility index (Phi) is 1.85. The third-order valence-electron chi connectivity index (χ3n) is 3.54. The zero-order valence-corrected chi connectivity index (χ0v) is 9.73. The van der Waals surface area contributed by atoms with Gasteiger partial charge in [0.05, 0.1) is 16.0 Å². The molecule has 5 heteroatoms. The molecule has 0 radical (unpaired) electrons. The van der Waals surface area contributed by atoms with Crippen LogP contribution in [0.1, 0.15) is 32.0 Å². The van der Waals surface area contributed by atoms with E-state index in [1.54, 1.807) is 12.1 Å². The molecule has 0 spiro atoms. The van der Waals surface area contributed by atoms with Gasteiger partial charge in [-0.15, -0.1) is 0 Å². The van der Waals surface area contributed by atoms with E-state index in [2.05, 4.69) is 23.8 Å². The van der Waals surface area contributed by atoms with Gasteiger partial charge in [-0.1, -0.05) is 13.8 Å². The number of aromatic nitrogens is 2. The number of non-ortho nitro benzene ring substituents is 1. The van der Waals surface area contributed by atoms with E-state index in [0.29, 0.717) is 11.3 Å². The Morgan fingerprint density at radius 2 is 2.24 bits per heavy atom. The van der Waals surface area contributed by atoms with Crippen molar-refractivity contribution in [3.8, 4) is 0 Å². The topological polar surface area (TPSA) is 71.8 Å². The van der Waals surface area contributed by atoms with E-state index >= 15 is 0 Å². The van der Waals surface area contributed by atoms with E-state index in [1.807, 2.05) is 0 Å². The maximum absolute atomic E-state index is 10.7. The molecule has 1 aromatic carbocycles. The average Bonchev–Trinajstić information content (AvgIpc) is 2.74. The minimum atomic E-state index is -0.388. The Hall–Kier alpha value is -1.91. The SMILES string of the molecule is CC1(C)CC1c1nc2ccc([N+](=O)[O-])cc2[nH]1. The molecule has 0 aliphatic heterocycles. The van der Waals surface area contributed by atoms with E-state index in [9.17, 15) is 10.1 Å². The molecule has 1 heterocycles. The van der Waals surface area contributed by atoms with Gasteiger partial charge in [0.1, 0.15) is 5.82 Å². The highest BCUT2D eigenvalue weighted by Crippen LogP contribution is 2.57. The van der Waals surface area contributed by atoms with Crippen LogP contribution in [0.25, 0.3) is 11.0 Å². The van der Waals surface area contributed by atoms with Crippen LogP contribution in [-0.2, 0) is 0 Å². The van der Waals surface area contributed by atoms with Crippen LogP contribution < -0.4 is 0 Å². The Balaban J connectivity index is 2.05. The summed E-state index contributed by atoms with van der Waals surface area (Å²) in [5, 5.41) is 10.7. The Morgan fingerprint density at radius 3 is 2.82 bits per heavy atom. The quantitative estimate of drug-likeness (QED) is 0.637. The van der Waals surface area contributed by atoms with Crippen LogP contribution in [0.15, 0.2) is 18.2 Å². The van der Waals surface area contributed by atoms with Gasteiger partial charge in [-0.05, 0) is 17.9 Å². The van der Waals surface area contributed by atoms with Crippen LogP contribution >= 0.6 is 0 Å². The van der Waals surface area contributed by atoms with Crippen molar-refractivity contribution in [1.29, 1.82) is 0 Å². The minimum Gasteiger partial charge on any atom is -0.342 e. The summed E-state index contributed by atoms with van der Waals surface area (Å²) < 4.78 is 0. The maximum atomic E-state index is 10.7. The largest absolute Gasteiger partial charge is 0.342 e. The summed E-state index contributed by atoms with van der Waals surface area (Å²) in [6.07, 6.45) is 1.12. The summed E-state index contributed by atoms with van der Waals surface area (Å²) in [6, 6.07) is 4.73. The normalized spacial score (nSPS) is 21.6. The highest BCUT2D eigenvalue weighted by atomic mass is 16.6. The Labute approximate surface area is 98.0 Å². The van der Waals surface area contributed by atoms with Gasteiger partial charge in [-0.2, -0.15) is 0 Å². The van der Waals surface area contributed by atoms with Gasteiger partial charge >= 0.3 is 0 Å². The Bertz CT molecular complexity index is 615. The van der Waals surface area contributed by atoms with Gasteiger partial charge < -0.3 is 4.98 Å². The van der Waals surface area contributed by atoms with E-state index < -0.39 is 0 Å². The molecular weight excluding hydrogens is 218 g/mol. The molecular formula is C12H13N3O2. The number of nitrogens with zero attached hydrogens (tertiary/aromatic N) is 2. The van der Waals surface area contributed by atoms with Crippen molar-refractivity contribution in [3.63, 3.8) is 0 Å². The van der Waals surface area contributed by atoms with Gasteiger partial charge in [0.25, 0.3) is 5.69 Å². The lowest BCUT2D eigenvalue weighted by Crippen LogP contribution is -1.91. The van der Waals surface area contributed by atoms with Crippen LogP contribution in [0.3, 0.4) is 0 Å². The van der Waals surface area contributed by atoms with Crippen molar-refractivity contribution >= 4 is 16.7 Å². The zero-order valence-electron chi connectivity index (χ0n) is 9.73. The molecule has 1 aliphatic carbocycles. The molecule has 0 amide bonds. The molecule has 1 aliphatic rings. The van der Waals surface area contributed by atoms with Crippen LogP contribution in [-0.4, -0.2) is 14.9 Å². The summed E-state index contributed by atoms with van der Waals surface area (Å²) in [5.74, 6) is 1.40. The summed E-state index contributed by atoms with van der Waals surface area (Å²) >= 11 is 0. The van der Waals surface area contributed by atoms with Crippen LogP contribution in [0.4, 0.5) is 5.69 Å². The fraction of sp³-hybridized carbons (Fsp3) is 0.417. The van der Waals surface area contributed by atoms with Gasteiger partial charge in [0.15, 0.2) is 0 Å². The van der Waals surface area contributed by atoms with Gasteiger partial charge in [-0.25, -0.2) is 4.98 Å². The number of H-pyrrole nitrogens is 1. The summed E-state index contributed by atoms with van der Waals surface area (Å²) in [4.78, 5) is 18.0. The number of imidazole rings is 1. The highest BCUT2D eigenvalue weighted by Gasteiger charge is 2.48. The second-order valence-electron chi connectivity index (χ2n) is 5.33. The van der Waals surface area contributed by atoms with Crippen molar-refractivity contribution in [3.05, 3.63) is 34.1 Å².